The van der Waals surface area contributed by atoms with Crippen molar-refractivity contribution < 1.29 is 14.0 Å². The highest BCUT2D eigenvalue weighted by Crippen LogP contribution is 2.29. The summed E-state index contributed by atoms with van der Waals surface area (Å²) in [6.45, 7) is 0. The Morgan fingerprint density at radius 2 is 1.39 bits per heavy atom. The van der Waals surface area contributed by atoms with E-state index in [4.69, 9.17) is 4.42 Å². The molecule has 0 saturated heterocycles. The van der Waals surface area contributed by atoms with Gasteiger partial charge in [0.2, 0.25) is 11.8 Å². The number of nitrogens with zero attached hydrogens (tertiary/aromatic N) is 4. The number of rotatable bonds is 3. The molecular weight excluding hydrogens is 356 g/mol. The predicted octanol–water partition coefficient (Wildman–Crippen LogP) is 3.60. The van der Waals surface area contributed by atoms with Gasteiger partial charge in [0.25, 0.3) is 11.8 Å². The number of carbonyl (C=O) groups excluding carboxylic acids is 2. The molecule has 0 radical (unpaired) electrons. The van der Waals surface area contributed by atoms with Crippen LogP contribution in [0.4, 0.5) is 5.69 Å². The molecule has 0 atom stereocenters. The first kappa shape index (κ1) is 16.1. The zero-order valence-corrected chi connectivity index (χ0v) is 14.4. The van der Waals surface area contributed by atoms with Gasteiger partial charge in [-0.05, 0) is 48.5 Å². The molecular formula is C21H12N4O3. The SMILES string of the molecule is O=C1c2cccnc2C(=O)N1c1ccc(-c2nnc(-c3ccccc3)o2)cc1. The van der Waals surface area contributed by atoms with E-state index in [1.807, 2.05) is 30.3 Å². The van der Waals surface area contributed by atoms with Crippen molar-refractivity contribution in [2.24, 2.45) is 0 Å². The number of amides is 2. The molecule has 0 N–H and O–H groups in total. The third-order valence-corrected chi connectivity index (χ3v) is 4.47. The van der Waals surface area contributed by atoms with Crippen LogP contribution in [-0.4, -0.2) is 27.0 Å². The van der Waals surface area contributed by atoms with Crippen LogP contribution < -0.4 is 4.90 Å². The van der Waals surface area contributed by atoms with Crippen molar-refractivity contribution in [1.82, 2.24) is 15.2 Å². The summed E-state index contributed by atoms with van der Waals surface area (Å²) in [5.41, 5.74) is 2.45. The maximum atomic E-state index is 12.5. The summed E-state index contributed by atoms with van der Waals surface area (Å²) in [5, 5.41) is 8.15. The summed E-state index contributed by atoms with van der Waals surface area (Å²) in [7, 11) is 0. The van der Waals surface area contributed by atoms with E-state index in [0.29, 0.717) is 28.6 Å². The van der Waals surface area contributed by atoms with Gasteiger partial charge in [-0.3, -0.25) is 14.6 Å². The molecule has 7 nitrogen and oxygen atoms in total. The van der Waals surface area contributed by atoms with Crippen LogP contribution >= 0.6 is 0 Å². The minimum Gasteiger partial charge on any atom is -0.416 e. The van der Waals surface area contributed by atoms with E-state index in [1.54, 1.807) is 36.4 Å². The normalized spacial score (nSPS) is 13.1. The molecule has 5 rings (SSSR count). The number of hydrogen-bond donors (Lipinski definition) is 0. The second-order valence-corrected chi connectivity index (χ2v) is 6.17. The molecule has 7 heteroatoms. The van der Waals surface area contributed by atoms with Crippen LogP contribution in [0.3, 0.4) is 0 Å². The quantitative estimate of drug-likeness (QED) is 0.513. The van der Waals surface area contributed by atoms with Crippen LogP contribution in [0, 0.1) is 0 Å². The van der Waals surface area contributed by atoms with E-state index in [-0.39, 0.29) is 11.6 Å². The van der Waals surface area contributed by atoms with E-state index in [1.165, 1.54) is 6.20 Å². The number of aromatic nitrogens is 3. The maximum Gasteiger partial charge on any atom is 0.284 e. The molecule has 1 aliphatic rings. The first-order valence-electron chi connectivity index (χ1n) is 8.55. The molecule has 0 saturated carbocycles. The average Bonchev–Trinajstić information content (AvgIpc) is 3.33. The lowest BCUT2D eigenvalue weighted by molar-refractivity contribution is 0.0924. The lowest BCUT2D eigenvalue weighted by atomic mass is 10.2. The van der Waals surface area contributed by atoms with Gasteiger partial charge in [0.15, 0.2) is 0 Å². The molecule has 1 aliphatic heterocycles. The van der Waals surface area contributed by atoms with E-state index in [2.05, 4.69) is 15.2 Å². The summed E-state index contributed by atoms with van der Waals surface area (Å²) in [6, 6.07) is 19.5. The van der Waals surface area contributed by atoms with Gasteiger partial charge in [0.1, 0.15) is 5.69 Å². The largest absolute Gasteiger partial charge is 0.416 e. The van der Waals surface area contributed by atoms with Crippen LogP contribution in [-0.2, 0) is 0 Å². The number of pyridine rings is 1. The minimum atomic E-state index is -0.433. The van der Waals surface area contributed by atoms with Crippen molar-refractivity contribution in [3.8, 4) is 22.9 Å². The third kappa shape index (κ3) is 2.49. The highest BCUT2D eigenvalue weighted by Gasteiger charge is 2.37. The van der Waals surface area contributed by atoms with Crippen LogP contribution in [0.5, 0.6) is 0 Å². The lowest BCUT2D eigenvalue weighted by Gasteiger charge is -2.13. The van der Waals surface area contributed by atoms with Crippen LogP contribution in [0.15, 0.2) is 77.3 Å². The first-order chi connectivity index (χ1) is 13.7. The molecule has 28 heavy (non-hydrogen) atoms. The Kier molecular flexibility index (Phi) is 3.58. The predicted molar refractivity (Wildman–Crippen MR) is 101 cm³/mol. The Bertz CT molecular complexity index is 1160. The summed E-state index contributed by atoms with van der Waals surface area (Å²) in [4.78, 5) is 30.2. The third-order valence-electron chi connectivity index (χ3n) is 4.47. The molecule has 0 unspecified atom stereocenters. The molecule has 2 aromatic carbocycles. The summed E-state index contributed by atoms with van der Waals surface area (Å²) < 4.78 is 5.73. The van der Waals surface area contributed by atoms with Crippen molar-refractivity contribution in [3.63, 3.8) is 0 Å². The number of imide groups is 1. The van der Waals surface area contributed by atoms with Crippen LogP contribution in [0.2, 0.25) is 0 Å². The van der Waals surface area contributed by atoms with Gasteiger partial charge in [0.05, 0.1) is 11.3 Å². The highest BCUT2D eigenvalue weighted by atomic mass is 16.4. The fourth-order valence-corrected chi connectivity index (χ4v) is 3.09. The number of fused-ring (bicyclic) bond motifs is 1. The van der Waals surface area contributed by atoms with Gasteiger partial charge in [-0.15, -0.1) is 10.2 Å². The van der Waals surface area contributed by atoms with Gasteiger partial charge in [0, 0.05) is 17.3 Å². The summed E-state index contributed by atoms with van der Waals surface area (Å²) in [6.07, 6.45) is 1.50. The molecule has 0 aliphatic carbocycles. The zero-order valence-electron chi connectivity index (χ0n) is 14.4. The zero-order chi connectivity index (χ0) is 19.1. The van der Waals surface area contributed by atoms with E-state index < -0.39 is 5.91 Å². The second kappa shape index (κ2) is 6.24. The Labute approximate surface area is 159 Å². The topological polar surface area (TPSA) is 89.2 Å². The van der Waals surface area contributed by atoms with E-state index in [9.17, 15) is 9.59 Å². The molecule has 0 spiro atoms. The standard InChI is InChI=1S/C21H12N4O3/c26-20-16-7-4-12-22-17(16)21(27)25(20)15-10-8-14(9-11-15)19-24-23-18(28-19)13-5-2-1-3-6-13/h1-12H. The Morgan fingerprint density at radius 3 is 2.07 bits per heavy atom. The van der Waals surface area contributed by atoms with Gasteiger partial charge < -0.3 is 4.42 Å². The van der Waals surface area contributed by atoms with E-state index >= 15 is 0 Å². The smallest absolute Gasteiger partial charge is 0.284 e. The molecule has 2 aromatic heterocycles. The number of benzene rings is 2. The van der Waals surface area contributed by atoms with Crippen molar-refractivity contribution in [1.29, 1.82) is 0 Å². The molecule has 134 valence electrons. The van der Waals surface area contributed by atoms with Gasteiger partial charge >= 0.3 is 0 Å². The second-order valence-electron chi connectivity index (χ2n) is 6.17. The molecule has 3 heterocycles. The van der Waals surface area contributed by atoms with E-state index in [0.717, 1.165) is 10.5 Å². The minimum absolute atomic E-state index is 0.168. The number of anilines is 1. The van der Waals surface area contributed by atoms with Gasteiger partial charge in [-0.2, -0.15) is 0 Å². The molecule has 2 amide bonds. The Hall–Kier alpha value is -4.13. The van der Waals surface area contributed by atoms with Crippen molar-refractivity contribution in [2.75, 3.05) is 4.90 Å². The Balaban J connectivity index is 1.44. The Morgan fingerprint density at radius 1 is 0.714 bits per heavy atom. The molecule has 0 bridgehead atoms. The summed E-state index contributed by atoms with van der Waals surface area (Å²) >= 11 is 0. The van der Waals surface area contributed by atoms with Crippen LogP contribution in [0.25, 0.3) is 22.9 Å². The van der Waals surface area contributed by atoms with Crippen molar-refractivity contribution in [3.05, 3.63) is 84.2 Å². The molecule has 0 fully saturated rings. The fraction of sp³-hybridized carbons (Fsp3) is 0. The molecule has 4 aromatic rings. The average molecular weight is 368 g/mol. The number of carbonyl (C=O) groups is 2. The fourth-order valence-electron chi connectivity index (χ4n) is 3.09. The lowest BCUT2D eigenvalue weighted by Crippen LogP contribution is -2.29. The van der Waals surface area contributed by atoms with Gasteiger partial charge in [-0.25, -0.2) is 4.90 Å². The highest BCUT2D eigenvalue weighted by molar-refractivity contribution is 6.33. The van der Waals surface area contributed by atoms with Crippen LogP contribution in [0.1, 0.15) is 20.8 Å². The van der Waals surface area contributed by atoms with Crippen molar-refractivity contribution >= 4 is 17.5 Å². The monoisotopic (exact) mass is 368 g/mol. The number of hydrogen-bond acceptors (Lipinski definition) is 6. The van der Waals surface area contributed by atoms with Crippen molar-refractivity contribution in [2.45, 2.75) is 0 Å². The first-order valence-corrected chi connectivity index (χ1v) is 8.55. The van der Waals surface area contributed by atoms with Gasteiger partial charge in [-0.1, -0.05) is 18.2 Å². The maximum absolute atomic E-state index is 12.5. The summed E-state index contributed by atoms with van der Waals surface area (Å²) in [5.74, 6) is -0.0389.